The van der Waals surface area contributed by atoms with Crippen molar-refractivity contribution >= 4 is 12.4 Å². The van der Waals surface area contributed by atoms with E-state index >= 15 is 0 Å². The minimum absolute atomic E-state index is 0.0281. The summed E-state index contributed by atoms with van der Waals surface area (Å²) in [5.74, 6) is -0.239. The molecule has 0 bridgehead atoms. The molecular weight excluding hydrogens is 478 g/mol. The van der Waals surface area contributed by atoms with Crippen LogP contribution < -0.4 is 5.32 Å². The molecular formula is C31H37N3O4. The fourth-order valence-electron chi connectivity index (χ4n) is 4.96. The third-order valence-corrected chi connectivity index (χ3v) is 6.53. The van der Waals surface area contributed by atoms with Gasteiger partial charge >= 0.3 is 5.97 Å². The maximum atomic E-state index is 13.0. The van der Waals surface area contributed by atoms with Gasteiger partial charge in [-0.05, 0) is 74.5 Å². The minimum atomic E-state index is -0.390. The third kappa shape index (κ3) is 7.49. The second-order valence-corrected chi connectivity index (χ2v) is 10.6. The summed E-state index contributed by atoms with van der Waals surface area (Å²) in [6, 6.07) is 22.4. The van der Waals surface area contributed by atoms with Crippen molar-refractivity contribution < 1.29 is 19.1 Å². The number of nitrogens with one attached hydrogen (secondary N) is 1. The van der Waals surface area contributed by atoms with Gasteiger partial charge in [0.25, 0.3) is 0 Å². The maximum Gasteiger partial charge on any atom is 0.320 e. The number of carbonyl (C=O) groups is 2. The quantitative estimate of drug-likeness (QED) is 0.198. The molecule has 0 fully saturated rings. The second-order valence-electron chi connectivity index (χ2n) is 10.6. The van der Waals surface area contributed by atoms with Gasteiger partial charge in [-0.3, -0.25) is 19.5 Å². The molecule has 0 spiro atoms. The number of esters is 1. The first-order valence-electron chi connectivity index (χ1n) is 13.2. The van der Waals surface area contributed by atoms with Crippen molar-refractivity contribution in [2.24, 2.45) is 0 Å². The van der Waals surface area contributed by atoms with Crippen molar-refractivity contribution in [1.82, 2.24) is 15.2 Å². The van der Waals surface area contributed by atoms with Crippen molar-refractivity contribution in [2.75, 3.05) is 19.7 Å². The number of ether oxygens (including phenoxy) is 2. The highest BCUT2D eigenvalue weighted by atomic mass is 16.5. The molecule has 1 heterocycles. The van der Waals surface area contributed by atoms with Crippen molar-refractivity contribution in [1.29, 1.82) is 0 Å². The monoisotopic (exact) mass is 515 g/mol. The third-order valence-electron chi connectivity index (χ3n) is 6.53. The van der Waals surface area contributed by atoms with Gasteiger partial charge in [-0.1, -0.05) is 54.6 Å². The highest BCUT2D eigenvalue weighted by Crippen LogP contribution is 2.44. The Morgan fingerprint density at radius 1 is 1.03 bits per heavy atom. The summed E-state index contributed by atoms with van der Waals surface area (Å²) in [5.41, 5.74) is 5.30. The summed E-state index contributed by atoms with van der Waals surface area (Å²) in [5, 5.41) is 2.75. The largest absolute Gasteiger partial charge is 0.464 e. The van der Waals surface area contributed by atoms with E-state index in [0.717, 1.165) is 12.1 Å². The molecule has 0 radical (unpaired) electrons. The Labute approximate surface area is 225 Å². The van der Waals surface area contributed by atoms with Crippen LogP contribution in [0, 0.1) is 0 Å². The number of hydrogen-bond donors (Lipinski definition) is 1. The predicted molar refractivity (Wildman–Crippen MR) is 147 cm³/mol. The lowest BCUT2D eigenvalue weighted by Crippen LogP contribution is -2.38. The summed E-state index contributed by atoms with van der Waals surface area (Å²) < 4.78 is 11.8. The average Bonchev–Trinajstić information content (AvgIpc) is 3.21. The highest BCUT2D eigenvalue weighted by molar-refractivity contribution is 5.79. The Morgan fingerprint density at radius 2 is 1.68 bits per heavy atom. The minimum Gasteiger partial charge on any atom is -0.464 e. The molecule has 7 nitrogen and oxygen atoms in total. The first-order chi connectivity index (χ1) is 18.3. The van der Waals surface area contributed by atoms with Crippen LogP contribution in [-0.2, 0) is 25.6 Å². The van der Waals surface area contributed by atoms with Crippen molar-refractivity contribution in [3.05, 3.63) is 89.7 Å². The summed E-state index contributed by atoms with van der Waals surface area (Å²) in [4.78, 5) is 30.6. The number of hydrogen-bond acceptors (Lipinski definition) is 6. The summed E-state index contributed by atoms with van der Waals surface area (Å²) >= 11 is 0. The van der Waals surface area contributed by atoms with Crippen LogP contribution in [0.2, 0.25) is 0 Å². The Bertz CT molecular complexity index is 1160. The van der Waals surface area contributed by atoms with E-state index in [4.69, 9.17) is 9.47 Å². The first kappa shape index (κ1) is 27.5. The van der Waals surface area contributed by atoms with Crippen molar-refractivity contribution in [3.63, 3.8) is 0 Å². The van der Waals surface area contributed by atoms with E-state index in [1.54, 1.807) is 6.20 Å². The summed E-state index contributed by atoms with van der Waals surface area (Å²) in [6.07, 6.45) is 3.38. The Kier molecular flexibility index (Phi) is 9.26. The predicted octanol–water partition coefficient (Wildman–Crippen LogP) is 4.91. The molecule has 200 valence electrons. The lowest BCUT2D eigenvalue weighted by Gasteiger charge is -2.28. The van der Waals surface area contributed by atoms with Crippen molar-refractivity contribution in [2.45, 2.75) is 57.9 Å². The van der Waals surface area contributed by atoms with Crippen LogP contribution in [0.3, 0.4) is 0 Å². The topological polar surface area (TPSA) is 80.8 Å². The number of carbonyl (C=O) groups excluding carboxylic acids is 2. The van der Waals surface area contributed by atoms with Gasteiger partial charge in [-0.25, -0.2) is 0 Å². The van der Waals surface area contributed by atoms with Gasteiger partial charge in [0.1, 0.15) is 12.8 Å². The van der Waals surface area contributed by atoms with E-state index in [2.05, 4.69) is 34.6 Å². The van der Waals surface area contributed by atoms with Crippen LogP contribution in [0.15, 0.2) is 72.9 Å². The van der Waals surface area contributed by atoms with Gasteiger partial charge in [0.2, 0.25) is 6.41 Å². The molecule has 1 unspecified atom stereocenters. The zero-order chi connectivity index (χ0) is 27.0. The van der Waals surface area contributed by atoms with Crippen LogP contribution in [-0.4, -0.2) is 53.8 Å². The molecule has 1 N–H and O–H groups in total. The fraction of sp³-hybridized carbons (Fsp3) is 0.387. The van der Waals surface area contributed by atoms with Crippen LogP contribution in [0.1, 0.15) is 56.4 Å². The molecule has 1 aliphatic carbocycles. The highest BCUT2D eigenvalue weighted by Gasteiger charge is 2.29. The van der Waals surface area contributed by atoms with E-state index in [0.29, 0.717) is 32.5 Å². The zero-order valence-electron chi connectivity index (χ0n) is 22.4. The fourth-order valence-corrected chi connectivity index (χ4v) is 4.96. The van der Waals surface area contributed by atoms with E-state index in [-0.39, 0.29) is 24.0 Å². The molecule has 0 aliphatic heterocycles. The molecule has 2 aromatic carbocycles. The lowest BCUT2D eigenvalue weighted by molar-refractivity contribution is -0.145. The number of aromatic nitrogens is 1. The van der Waals surface area contributed by atoms with Gasteiger partial charge in [0.15, 0.2) is 0 Å². The molecule has 0 saturated carbocycles. The smallest absolute Gasteiger partial charge is 0.320 e. The van der Waals surface area contributed by atoms with E-state index < -0.39 is 6.23 Å². The maximum absolute atomic E-state index is 13.0. The van der Waals surface area contributed by atoms with Crippen LogP contribution >= 0.6 is 0 Å². The van der Waals surface area contributed by atoms with E-state index in [1.165, 1.54) is 22.3 Å². The van der Waals surface area contributed by atoms with Crippen LogP contribution in [0.25, 0.3) is 11.1 Å². The molecule has 1 amide bonds. The number of fused-ring (bicyclic) bond motifs is 3. The molecule has 0 saturated heterocycles. The van der Waals surface area contributed by atoms with Gasteiger partial charge in [0, 0.05) is 18.7 Å². The summed E-state index contributed by atoms with van der Waals surface area (Å²) in [6.45, 7) is 7.47. The number of nitrogens with zero attached hydrogens (tertiary/aromatic N) is 2. The van der Waals surface area contributed by atoms with Gasteiger partial charge < -0.3 is 14.8 Å². The first-order valence-corrected chi connectivity index (χ1v) is 13.2. The number of amides is 1. The molecule has 4 rings (SSSR count). The van der Waals surface area contributed by atoms with Gasteiger partial charge in [-0.15, -0.1) is 0 Å². The normalized spacial score (nSPS) is 13.6. The zero-order valence-corrected chi connectivity index (χ0v) is 22.4. The molecule has 38 heavy (non-hydrogen) atoms. The Balaban J connectivity index is 1.38. The average molecular weight is 516 g/mol. The van der Waals surface area contributed by atoms with Gasteiger partial charge in [-0.2, -0.15) is 0 Å². The molecule has 1 aromatic heterocycles. The van der Waals surface area contributed by atoms with E-state index in [9.17, 15) is 9.59 Å². The number of pyridine rings is 1. The lowest BCUT2D eigenvalue weighted by atomic mass is 9.98. The molecule has 1 aliphatic rings. The molecule has 7 heteroatoms. The Hall–Kier alpha value is -3.55. The molecule has 1 atom stereocenters. The van der Waals surface area contributed by atoms with Crippen LogP contribution in [0.5, 0.6) is 0 Å². The number of rotatable bonds is 13. The Morgan fingerprint density at radius 3 is 2.29 bits per heavy atom. The van der Waals surface area contributed by atoms with Crippen molar-refractivity contribution in [3.8, 4) is 11.1 Å². The second kappa shape index (κ2) is 12.8. The SMILES string of the molecule is CC(C)(C)OC(CCCN(CC(=O)OCC1c2ccccc2-c2ccccc21)Cc1ccccn1)NC=O. The standard InChI is InChI=1S/C31H37N3O4/c1-31(2,3)38-29(33-22-35)16-10-18-34(19-23-11-8-9-17-32-23)20-30(36)37-21-28-26-14-6-4-12-24(26)25-13-5-7-15-27(25)28/h4-9,11-15,17,22,28-29H,10,16,18-21H2,1-3H3,(H,33,35). The number of benzene rings is 2. The molecule has 3 aromatic rings. The van der Waals surface area contributed by atoms with Gasteiger partial charge in [0.05, 0.1) is 17.8 Å². The summed E-state index contributed by atoms with van der Waals surface area (Å²) in [7, 11) is 0. The van der Waals surface area contributed by atoms with E-state index in [1.807, 2.05) is 68.1 Å². The van der Waals surface area contributed by atoms with Crippen LogP contribution in [0.4, 0.5) is 0 Å².